The summed E-state index contributed by atoms with van der Waals surface area (Å²) in [6, 6.07) is 5.72. The predicted octanol–water partition coefficient (Wildman–Crippen LogP) is 3.14. The number of hydrogen-bond donors (Lipinski definition) is 2. The van der Waals surface area contributed by atoms with E-state index in [1.165, 1.54) is 0 Å². The van der Waals surface area contributed by atoms with Crippen LogP contribution >= 0.6 is 15.9 Å². The van der Waals surface area contributed by atoms with Gasteiger partial charge in [0.15, 0.2) is 5.82 Å². The van der Waals surface area contributed by atoms with Crippen molar-refractivity contribution in [3.8, 4) is 6.07 Å². The SMILES string of the molecule is N#Cc1ccc(NC2CCC(N)CC2)c(F)c1Br. The van der Waals surface area contributed by atoms with Gasteiger partial charge in [0.1, 0.15) is 6.07 Å². The van der Waals surface area contributed by atoms with Crippen LogP contribution in [0.4, 0.5) is 10.1 Å². The summed E-state index contributed by atoms with van der Waals surface area (Å²) in [5.74, 6) is -0.399. The van der Waals surface area contributed by atoms with E-state index in [2.05, 4.69) is 21.2 Å². The molecule has 0 atom stereocenters. The van der Waals surface area contributed by atoms with Crippen LogP contribution in [0.3, 0.4) is 0 Å². The van der Waals surface area contributed by atoms with Gasteiger partial charge in [-0.05, 0) is 53.7 Å². The van der Waals surface area contributed by atoms with E-state index < -0.39 is 5.82 Å². The molecular formula is C13H15BrFN3. The van der Waals surface area contributed by atoms with E-state index in [-0.39, 0.29) is 16.6 Å². The highest BCUT2D eigenvalue weighted by Crippen LogP contribution is 2.29. The number of nitrogens with zero attached hydrogens (tertiary/aromatic N) is 1. The Balaban J connectivity index is 2.11. The van der Waals surface area contributed by atoms with Crippen LogP contribution in [0.1, 0.15) is 31.2 Å². The molecule has 0 radical (unpaired) electrons. The number of halogens is 2. The number of nitrogens with two attached hydrogens (primary N) is 1. The minimum Gasteiger partial charge on any atom is -0.380 e. The fourth-order valence-electron chi connectivity index (χ4n) is 2.23. The molecule has 1 aliphatic rings. The predicted molar refractivity (Wildman–Crippen MR) is 72.7 cm³/mol. The Morgan fingerprint density at radius 3 is 2.61 bits per heavy atom. The van der Waals surface area contributed by atoms with Crippen molar-refractivity contribution in [3.63, 3.8) is 0 Å². The Hall–Kier alpha value is -1.12. The summed E-state index contributed by atoms with van der Waals surface area (Å²) in [5, 5.41) is 12.0. The zero-order valence-electron chi connectivity index (χ0n) is 9.92. The number of benzene rings is 1. The summed E-state index contributed by atoms with van der Waals surface area (Å²) in [5.41, 5.74) is 6.59. The first-order chi connectivity index (χ1) is 8.61. The van der Waals surface area contributed by atoms with Crippen molar-refractivity contribution in [2.45, 2.75) is 37.8 Å². The summed E-state index contributed by atoms with van der Waals surface area (Å²) in [4.78, 5) is 0. The molecule has 0 bridgehead atoms. The second-order valence-corrected chi connectivity index (χ2v) is 5.45. The maximum atomic E-state index is 14.0. The molecule has 0 unspecified atom stereocenters. The molecule has 0 aliphatic heterocycles. The molecule has 0 saturated heterocycles. The number of nitriles is 1. The molecule has 3 N–H and O–H groups in total. The van der Waals surface area contributed by atoms with E-state index in [1.54, 1.807) is 12.1 Å². The Kier molecular flexibility index (Phi) is 4.20. The Morgan fingerprint density at radius 2 is 2.00 bits per heavy atom. The van der Waals surface area contributed by atoms with Crippen molar-refractivity contribution in [3.05, 3.63) is 28.0 Å². The smallest absolute Gasteiger partial charge is 0.161 e. The lowest BCUT2D eigenvalue weighted by atomic mass is 9.91. The molecule has 5 heteroatoms. The summed E-state index contributed by atoms with van der Waals surface area (Å²) in [6.07, 6.45) is 3.85. The lowest BCUT2D eigenvalue weighted by molar-refractivity contribution is 0.410. The summed E-state index contributed by atoms with van der Waals surface area (Å²) in [7, 11) is 0. The lowest BCUT2D eigenvalue weighted by Crippen LogP contribution is -2.33. The summed E-state index contributed by atoms with van der Waals surface area (Å²) in [6.45, 7) is 0. The minimum absolute atomic E-state index is 0.225. The number of anilines is 1. The molecule has 3 nitrogen and oxygen atoms in total. The monoisotopic (exact) mass is 311 g/mol. The lowest BCUT2D eigenvalue weighted by Gasteiger charge is -2.27. The standard InChI is InChI=1S/C13H15BrFN3/c14-12-8(7-16)1-6-11(13(12)15)18-10-4-2-9(17)3-5-10/h1,6,9-10,18H,2-5,17H2. The van der Waals surface area contributed by atoms with Gasteiger partial charge in [-0.15, -0.1) is 0 Å². The van der Waals surface area contributed by atoms with Gasteiger partial charge in [0.2, 0.25) is 0 Å². The van der Waals surface area contributed by atoms with Gasteiger partial charge in [-0.25, -0.2) is 4.39 Å². The quantitative estimate of drug-likeness (QED) is 0.882. The van der Waals surface area contributed by atoms with E-state index in [1.807, 2.05) is 6.07 Å². The van der Waals surface area contributed by atoms with Crippen LogP contribution in [-0.4, -0.2) is 12.1 Å². The molecule has 0 amide bonds. The molecule has 2 rings (SSSR count). The third kappa shape index (κ3) is 2.82. The molecule has 1 saturated carbocycles. The highest BCUT2D eigenvalue weighted by molar-refractivity contribution is 9.10. The molecule has 1 fully saturated rings. The van der Waals surface area contributed by atoms with Crippen LogP contribution in [0, 0.1) is 17.1 Å². The van der Waals surface area contributed by atoms with Gasteiger partial charge in [-0.3, -0.25) is 0 Å². The summed E-state index contributed by atoms with van der Waals surface area (Å²) < 4.78 is 14.2. The minimum atomic E-state index is -0.399. The highest BCUT2D eigenvalue weighted by atomic mass is 79.9. The van der Waals surface area contributed by atoms with E-state index in [0.717, 1.165) is 25.7 Å². The largest absolute Gasteiger partial charge is 0.380 e. The van der Waals surface area contributed by atoms with Crippen LogP contribution in [0.25, 0.3) is 0 Å². The Bertz CT molecular complexity index is 476. The first-order valence-corrected chi connectivity index (χ1v) is 6.81. The van der Waals surface area contributed by atoms with Crippen LogP contribution in [0.5, 0.6) is 0 Å². The van der Waals surface area contributed by atoms with Crippen molar-refractivity contribution in [1.29, 1.82) is 5.26 Å². The van der Waals surface area contributed by atoms with Crippen LogP contribution in [0.2, 0.25) is 0 Å². The van der Waals surface area contributed by atoms with Crippen molar-refractivity contribution in [2.75, 3.05) is 5.32 Å². The van der Waals surface area contributed by atoms with Gasteiger partial charge in [0, 0.05) is 12.1 Å². The zero-order valence-corrected chi connectivity index (χ0v) is 11.5. The summed E-state index contributed by atoms with van der Waals surface area (Å²) >= 11 is 3.11. The highest BCUT2D eigenvalue weighted by Gasteiger charge is 2.20. The molecule has 1 aromatic rings. The zero-order chi connectivity index (χ0) is 13.1. The van der Waals surface area contributed by atoms with Crippen molar-refractivity contribution < 1.29 is 4.39 Å². The Labute approximate surface area is 114 Å². The normalized spacial score (nSPS) is 23.4. The maximum absolute atomic E-state index is 14.0. The molecular weight excluding hydrogens is 297 g/mol. The first-order valence-electron chi connectivity index (χ1n) is 6.02. The first kappa shape index (κ1) is 13.3. The van der Waals surface area contributed by atoms with E-state index in [4.69, 9.17) is 11.0 Å². The third-order valence-corrected chi connectivity index (χ3v) is 4.11. The molecule has 1 aromatic carbocycles. The molecule has 0 spiro atoms. The van der Waals surface area contributed by atoms with Gasteiger partial charge in [-0.2, -0.15) is 5.26 Å². The second-order valence-electron chi connectivity index (χ2n) is 4.66. The van der Waals surface area contributed by atoms with Gasteiger partial charge in [0.25, 0.3) is 0 Å². The van der Waals surface area contributed by atoms with Gasteiger partial charge in [0.05, 0.1) is 15.7 Å². The molecule has 18 heavy (non-hydrogen) atoms. The van der Waals surface area contributed by atoms with Crippen molar-refractivity contribution >= 4 is 21.6 Å². The fraction of sp³-hybridized carbons (Fsp3) is 0.462. The molecule has 0 heterocycles. The van der Waals surface area contributed by atoms with E-state index in [9.17, 15) is 4.39 Å². The Morgan fingerprint density at radius 1 is 1.33 bits per heavy atom. The molecule has 0 aromatic heterocycles. The number of nitrogens with one attached hydrogen (secondary N) is 1. The van der Waals surface area contributed by atoms with Gasteiger partial charge in [-0.1, -0.05) is 0 Å². The van der Waals surface area contributed by atoms with Crippen molar-refractivity contribution in [1.82, 2.24) is 0 Å². The van der Waals surface area contributed by atoms with E-state index >= 15 is 0 Å². The van der Waals surface area contributed by atoms with E-state index in [0.29, 0.717) is 11.3 Å². The number of hydrogen-bond acceptors (Lipinski definition) is 3. The van der Waals surface area contributed by atoms with Gasteiger partial charge >= 0.3 is 0 Å². The van der Waals surface area contributed by atoms with Crippen molar-refractivity contribution in [2.24, 2.45) is 5.73 Å². The topological polar surface area (TPSA) is 61.8 Å². The average molecular weight is 312 g/mol. The van der Waals surface area contributed by atoms with Crippen LogP contribution in [0.15, 0.2) is 16.6 Å². The van der Waals surface area contributed by atoms with Crippen LogP contribution < -0.4 is 11.1 Å². The molecule has 96 valence electrons. The van der Waals surface area contributed by atoms with Crippen LogP contribution in [-0.2, 0) is 0 Å². The van der Waals surface area contributed by atoms with Gasteiger partial charge < -0.3 is 11.1 Å². The molecule has 1 aliphatic carbocycles. The number of rotatable bonds is 2. The maximum Gasteiger partial charge on any atom is 0.161 e. The third-order valence-electron chi connectivity index (χ3n) is 3.33. The fourth-order valence-corrected chi connectivity index (χ4v) is 2.67. The second kappa shape index (κ2) is 5.68. The average Bonchev–Trinajstić information content (AvgIpc) is 2.38.